The first-order valence-corrected chi connectivity index (χ1v) is 4.78. The fourth-order valence-electron chi connectivity index (χ4n) is 1.23. The number of para-hydroxylation sites is 1. The second-order valence-electron chi connectivity index (χ2n) is 3.19. The van der Waals surface area contributed by atoms with Crippen molar-refractivity contribution in [3.63, 3.8) is 0 Å². The van der Waals surface area contributed by atoms with Crippen molar-refractivity contribution in [1.29, 1.82) is 0 Å². The van der Waals surface area contributed by atoms with Crippen LogP contribution in [0, 0.1) is 5.82 Å². The topological polar surface area (TPSA) is 99.9 Å². The Hall–Kier alpha value is -2.44. The first-order valence-electron chi connectivity index (χ1n) is 4.78. The fourth-order valence-corrected chi connectivity index (χ4v) is 1.23. The standard InChI is InChI=1S/C10H10FN5O/c11-6-3-1-2-4-7(6)17-5-8-14-9(12)16-10(13)15-8/h1-4H,5H2,(H4,12,13,14,15,16). The van der Waals surface area contributed by atoms with Crippen LogP contribution in [0.3, 0.4) is 0 Å². The summed E-state index contributed by atoms with van der Waals surface area (Å²) in [5.74, 6) is -0.0833. The van der Waals surface area contributed by atoms with Crippen LogP contribution in [0.2, 0.25) is 0 Å². The zero-order valence-corrected chi connectivity index (χ0v) is 8.80. The lowest BCUT2D eigenvalue weighted by atomic mass is 10.3. The third-order valence-corrected chi connectivity index (χ3v) is 1.91. The highest BCUT2D eigenvalue weighted by atomic mass is 19.1. The zero-order chi connectivity index (χ0) is 12.3. The molecule has 2 rings (SSSR count). The third-order valence-electron chi connectivity index (χ3n) is 1.91. The van der Waals surface area contributed by atoms with Crippen LogP contribution in [0.15, 0.2) is 24.3 Å². The minimum atomic E-state index is -0.456. The molecule has 0 aliphatic rings. The molecule has 6 nitrogen and oxygen atoms in total. The van der Waals surface area contributed by atoms with Crippen molar-refractivity contribution in [2.45, 2.75) is 6.61 Å². The maximum atomic E-state index is 13.2. The van der Waals surface area contributed by atoms with Gasteiger partial charge in [-0.15, -0.1) is 0 Å². The Morgan fingerprint density at radius 1 is 1.06 bits per heavy atom. The molecule has 4 N–H and O–H groups in total. The summed E-state index contributed by atoms with van der Waals surface area (Å²) in [6, 6.07) is 6.03. The van der Waals surface area contributed by atoms with E-state index in [1.165, 1.54) is 12.1 Å². The molecule has 1 heterocycles. The van der Waals surface area contributed by atoms with E-state index in [4.69, 9.17) is 16.2 Å². The molecular formula is C10H10FN5O. The predicted molar refractivity (Wildman–Crippen MR) is 59.4 cm³/mol. The van der Waals surface area contributed by atoms with Crippen molar-refractivity contribution in [3.05, 3.63) is 35.9 Å². The summed E-state index contributed by atoms with van der Waals surface area (Å²) in [4.78, 5) is 11.2. The molecule has 88 valence electrons. The van der Waals surface area contributed by atoms with Crippen LogP contribution in [0.25, 0.3) is 0 Å². The number of halogens is 1. The van der Waals surface area contributed by atoms with E-state index in [0.29, 0.717) is 0 Å². The van der Waals surface area contributed by atoms with Crippen LogP contribution in [0.5, 0.6) is 5.75 Å². The van der Waals surface area contributed by atoms with E-state index >= 15 is 0 Å². The number of nitrogens with zero attached hydrogens (tertiary/aromatic N) is 3. The number of rotatable bonds is 3. The average Bonchev–Trinajstić information content (AvgIpc) is 2.27. The minimum absolute atomic E-state index is 0.00429. The Bertz CT molecular complexity index is 514. The van der Waals surface area contributed by atoms with E-state index in [9.17, 15) is 4.39 Å². The van der Waals surface area contributed by atoms with Gasteiger partial charge < -0.3 is 16.2 Å². The third kappa shape index (κ3) is 2.77. The van der Waals surface area contributed by atoms with E-state index in [2.05, 4.69) is 15.0 Å². The van der Waals surface area contributed by atoms with Crippen molar-refractivity contribution < 1.29 is 9.13 Å². The molecule has 0 aliphatic carbocycles. The van der Waals surface area contributed by atoms with Crippen LogP contribution in [0.4, 0.5) is 16.3 Å². The maximum Gasteiger partial charge on any atom is 0.225 e. The first kappa shape index (κ1) is 11.1. The van der Waals surface area contributed by atoms with Crippen LogP contribution in [0.1, 0.15) is 5.82 Å². The molecule has 0 atom stereocenters. The van der Waals surface area contributed by atoms with Gasteiger partial charge in [-0.05, 0) is 12.1 Å². The van der Waals surface area contributed by atoms with Gasteiger partial charge in [0.05, 0.1) is 0 Å². The van der Waals surface area contributed by atoms with Crippen LogP contribution >= 0.6 is 0 Å². The quantitative estimate of drug-likeness (QED) is 0.814. The van der Waals surface area contributed by atoms with Gasteiger partial charge in [-0.1, -0.05) is 12.1 Å². The van der Waals surface area contributed by atoms with Gasteiger partial charge in [-0.3, -0.25) is 0 Å². The smallest absolute Gasteiger partial charge is 0.225 e. The lowest BCUT2D eigenvalue weighted by molar-refractivity contribution is 0.281. The molecule has 0 fully saturated rings. The molecule has 0 saturated heterocycles. The van der Waals surface area contributed by atoms with E-state index in [-0.39, 0.29) is 30.1 Å². The van der Waals surface area contributed by atoms with Crippen molar-refractivity contribution in [3.8, 4) is 5.75 Å². The van der Waals surface area contributed by atoms with Crippen LogP contribution in [-0.4, -0.2) is 15.0 Å². The van der Waals surface area contributed by atoms with Crippen molar-refractivity contribution >= 4 is 11.9 Å². The van der Waals surface area contributed by atoms with Gasteiger partial charge in [-0.2, -0.15) is 15.0 Å². The van der Waals surface area contributed by atoms with Gasteiger partial charge in [-0.25, -0.2) is 4.39 Å². The lowest BCUT2D eigenvalue weighted by Gasteiger charge is -2.06. The lowest BCUT2D eigenvalue weighted by Crippen LogP contribution is -2.09. The number of aromatic nitrogens is 3. The summed E-state index contributed by atoms with van der Waals surface area (Å²) >= 11 is 0. The summed E-state index contributed by atoms with van der Waals surface area (Å²) in [6.45, 7) is -0.0299. The Labute approximate surface area is 96.5 Å². The number of hydrogen-bond acceptors (Lipinski definition) is 6. The normalized spacial score (nSPS) is 10.2. The molecule has 0 unspecified atom stereocenters. The highest BCUT2D eigenvalue weighted by Gasteiger charge is 2.05. The van der Waals surface area contributed by atoms with Gasteiger partial charge in [0.15, 0.2) is 17.4 Å². The Morgan fingerprint density at radius 3 is 2.35 bits per heavy atom. The first-order chi connectivity index (χ1) is 8.15. The predicted octanol–water partition coefficient (Wildman–Crippen LogP) is 0.754. The molecular weight excluding hydrogens is 225 g/mol. The van der Waals surface area contributed by atoms with Crippen LogP contribution in [-0.2, 0) is 6.61 Å². The number of benzene rings is 1. The van der Waals surface area contributed by atoms with Crippen molar-refractivity contribution in [1.82, 2.24) is 15.0 Å². The number of hydrogen-bond donors (Lipinski definition) is 2. The van der Waals surface area contributed by atoms with Crippen molar-refractivity contribution in [2.75, 3.05) is 11.5 Å². The molecule has 17 heavy (non-hydrogen) atoms. The number of nitrogen functional groups attached to an aromatic ring is 2. The molecule has 0 aliphatic heterocycles. The molecule has 0 amide bonds. The maximum absolute atomic E-state index is 13.2. The molecule has 1 aromatic carbocycles. The SMILES string of the molecule is Nc1nc(N)nc(COc2ccccc2F)n1. The summed E-state index contributed by atoms with van der Waals surface area (Å²) in [5.41, 5.74) is 10.8. The number of nitrogens with two attached hydrogens (primary N) is 2. The Morgan fingerprint density at radius 2 is 1.71 bits per heavy atom. The fraction of sp³-hybridized carbons (Fsp3) is 0.100. The Balaban J connectivity index is 2.10. The van der Waals surface area contributed by atoms with Gasteiger partial charge in [0.2, 0.25) is 11.9 Å². The molecule has 0 bridgehead atoms. The van der Waals surface area contributed by atoms with Crippen LogP contribution < -0.4 is 16.2 Å². The van der Waals surface area contributed by atoms with E-state index < -0.39 is 5.82 Å². The van der Waals surface area contributed by atoms with E-state index in [0.717, 1.165) is 0 Å². The monoisotopic (exact) mass is 235 g/mol. The minimum Gasteiger partial charge on any atom is -0.483 e. The molecule has 0 radical (unpaired) electrons. The summed E-state index contributed by atoms with van der Waals surface area (Å²) in [5, 5.41) is 0. The van der Waals surface area contributed by atoms with Gasteiger partial charge in [0.1, 0.15) is 6.61 Å². The zero-order valence-electron chi connectivity index (χ0n) is 8.80. The highest BCUT2D eigenvalue weighted by Crippen LogP contribution is 2.16. The molecule has 0 spiro atoms. The average molecular weight is 235 g/mol. The second-order valence-corrected chi connectivity index (χ2v) is 3.19. The molecule has 2 aromatic rings. The summed E-state index contributed by atoms with van der Waals surface area (Å²) < 4.78 is 18.4. The molecule has 1 aromatic heterocycles. The summed E-state index contributed by atoms with van der Waals surface area (Å²) in [7, 11) is 0. The second kappa shape index (κ2) is 4.60. The van der Waals surface area contributed by atoms with Crippen molar-refractivity contribution in [2.24, 2.45) is 0 Å². The Kier molecular flexibility index (Phi) is 2.99. The highest BCUT2D eigenvalue weighted by molar-refractivity contribution is 5.26. The van der Waals surface area contributed by atoms with Gasteiger partial charge >= 0.3 is 0 Å². The van der Waals surface area contributed by atoms with E-state index in [1.54, 1.807) is 12.1 Å². The molecule has 0 saturated carbocycles. The summed E-state index contributed by atoms with van der Waals surface area (Å²) in [6.07, 6.45) is 0. The van der Waals surface area contributed by atoms with Gasteiger partial charge in [0.25, 0.3) is 0 Å². The van der Waals surface area contributed by atoms with Gasteiger partial charge in [0, 0.05) is 0 Å². The molecule has 7 heteroatoms. The number of anilines is 2. The van der Waals surface area contributed by atoms with E-state index in [1.807, 2.05) is 0 Å². The largest absolute Gasteiger partial charge is 0.483 e. The number of ether oxygens (including phenoxy) is 1.